The second-order valence-electron chi connectivity index (χ2n) is 7.08. The molecule has 8 heteroatoms. The third-order valence-corrected chi connectivity index (χ3v) is 5.27. The zero-order valence-corrected chi connectivity index (χ0v) is 18.0. The number of nitrogens with one attached hydrogen (secondary N) is 1. The number of benzene rings is 2. The molecule has 2 aromatic carbocycles. The second-order valence-corrected chi connectivity index (χ2v) is 7.90. The lowest BCUT2D eigenvalue weighted by Crippen LogP contribution is -2.37. The van der Waals surface area contributed by atoms with Crippen LogP contribution < -0.4 is 10.2 Å². The number of rotatable bonds is 5. The minimum absolute atomic E-state index is 0.108. The molecule has 0 amide bonds. The number of para-hydroxylation sites is 1. The highest BCUT2D eigenvalue weighted by molar-refractivity contribution is 6.32. The molecule has 1 unspecified atom stereocenters. The maximum atomic E-state index is 6.40. The molecule has 4 rings (SSSR count). The number of hydrogen-bond donors (Lipinski definition) is 1. The first-order valence-electron chi connectivity index (χ1n) is 9.47. The largest absolute Gasteiger partial charge is 0.435 e. The van der Waals surface area contributed by atoms with Crippen LogP contribution in [0.3, 0.4) is 0 Å². The minimum atomic E-state index is -0.108. The third kappa shape index (κ3) is 4.73. The van der Waals surface area contributed by atoms with E-state index in [4.69, 9.17) is 37.8 Å². The Bertz CT molecular complexity index is 1100. The van der Waals surface area contributed by atoms with Gasteiger partial charge < -0.3 is 4.74 Å². The number of ether oxygens (including phenoxy) is 1. The molecule has 1 aliphatic heterocycles. The highest BCUT2D eigenvalue weighted by atomic mass is 35.5. The predicted molar refractivity (Wildman–Crippen MR) is 118 cm³/mol. The Hall–Kier alpha value is -2.67. The quantitative estimate of drug-likeness (QED) is 0.595. The van der Waals surface area contributed by atoms with Crippen LogP contribution in [-0.4, -0.2) is 28.7 Å². The van der Waals surface area contributed by atoms with E-state index in [1.54, 1.807) is 12.1 Å². The van der Waals surface area contributed by atoms with Gasteiger partial charge in [-0.3, -0.25) is 9.83 Å². The summed E-state index contributed by atoms with van der Waals surface area (Å²) in [7, 11) is 0. The summed E-state index contributed by atoms with van der Waals surface area (Å²) in [5, 5.41) is 9.51. The molecule has 0 saturated carbocycles. The lowest BCUT2D eigenvalue weighted by atomic mass is 10.0. The fourth-order valence-corrected chi connectivity index (χ4v) is 3.59. The van der Waals surface area contributed by atoms with Crippen LogP contribution in [-0.2, 0) is 11.3 Å². The van der Waals surface area contributed by atoms with Gasteiger partial charge in [-0.25, -0.2) is 5.48 Å². The second kappa shape index (κ2) is 9.00. The van der Waals surface area contributed by atoms with Gasteiger partial charge >= 0.3 is 0 Å². The summed E-state index contributed by atoms with van der Waals surface area (Å²) in [6.07, 6.45) is 0.655. The SMILES string of the molecule is Cc1ccc(CC2CONC(c3cc(C)nnc3Oc3ccccc3Cl)=N2)c(Cl)c1. The average Bonchev–Trinajstić information content (AvgIpc) is 2.73. The van der Waals surface area contributed by atoms with Crippen LogP contribution in [0, 0.1) is 13.8 Å². The topological polar surface area (TPSA) is 68.6 Å². The van der Waals surface area contributed by atoms with Gasteiger partial charge in [0.1, 0.15) is 5.75 Å². The van der Waals surface area contributed by atoms with Gasteiger partial charge in [0.25, 0.3) is 0 Å². The molecule has 6 nitrogen and oxygen atoms in total. The summed E-state index contributed by atoms with van der Waals surface area (Å²) in [5.41, 5.74) is 6.39. The Morgan fingerprint density at radius 1 is 1.07 bits per heavy atom. The van der Waals surface area contributed by atoms with E-state index < -0.39 is 0 Å². The summed E-state index contributed by atoms with van der Waals surface area (Å²) >= 11 is 12.6. The monoisotopic (exact) mass is 442 g/mol. The number of hydroxylamine groups is 1. The Morgan fingerprint density at radius 3 is 2.70 bits per heavy atom. The van der Waals surface area contributed by atoms with Gasteiger partial charge in [-0.15, -0.1) is 5.10 Å². The fourth-order valence-electron chi connectivity index (χ4n) is 3.11. The van der Waals surface area contributed by atoms with Crippen molar-refractivity contribution in [1.82, 2.24) is 15.7 Å². The molecule has 0 radical (unpaired) electrons. The first kappa shape index (κ1) is 20.6. The van der Waals surface area contributed by atoms with E-state index >= 15 is 0 Å². The van der Waals surface area contributed by atoms with E-state index in [1.165, 1.54) is 0 Å². The van der Waals surface area contributed by atoms with Gasteiger partial charge in [0.05, 0.1) is 28.9 Å². The Morgan fingerprint density at radius 2 is 1.90 bits per heavy atom. The van der Waals surface area contributed by atoms with Crippen molar-refractivity contribution in [3.63, 3.8) is 0 Å². The smallest absolute Gasteiger partial charge is 0.250 e. The zero-order valence-electron chi connectivity index (χ0n) is 16.5. The number of aryl methyl sites for hydroxylation is 2. The molecule has 0 bridgehead atoms. The van der Waals surface area contributed by atoms with Crippen LogP contribution in [0.15, 0.2) is 53.5 Å². The summed E-state index contributed by atoms with van der Waals surface area (Å²) in [5.74, 6) is 1.30. The van der Waals surface area contributed by atoms with E-state index in [9.17, 15) is 0 Å². The van der Waals surface area contributed by atoms with E-state index in [0.717, 1.165) is 21.8 Å². The number of aliphatic imine (C=N–C) groups is 1. The van der Waals surface area contributed by atoms with Crippen LogP contribution in [0.2, 0.25) is 10.0 Å². The van der Waals surface area contributed by atoms with Crippen molar-refractivity contribution >= 4 is 29.0 Å². The van der Waals surface area contributed by atoms with Gasteiger partial charge in [0.2, 0.25) is 5.88 Å². The van der Waals surface area contributed by atoms with E-state index in [-0.39, 0.29) is 11.9 Å². The summed E-state index contributed by atoms with van der Waals surface area (Å²) < 4.78 is 5.93. The van der Waals surface area contributed by atoms with Crippen LogP contribution in [0.1, 0.15) is 22.4 Å². The molecule has 2 heterocycles. The molecule has 3 aromatic rings. The normalized spacial score (nSPS) is 16.0. The average molecular weight is 443 g/mol. The van der Waals surface area contributed by atoms with E-state index in [1.807, 2.05) is 50.2 Å². The van der Waals surface area contributed by atoms with Crippen LogP contribution >= 0.6 is 23.2 Å². The van der Waals surface area contributed by atoms with Crippen molar-refractivity contribution in [3.8, 4) is 11.6 Å². The molecule has 1 aliphatic rings. The molecule has 0 spiro atoms. The molecule has 1 aromatic heterocycles. The molecule has 1 N–H and O–H groups in total. The maximum absolute atomic E-state index is 6.40. The fraction of sp³-hybridized carbons (Fsp3) is 0.227. The summed E-state index contributed by atoms with van der Waals surface area (Å²) in [4.78, 5) is 10.4. The molecular formula is C22H20Cl2N4O2. The van der Waals surface area contributed by atoms with Crippen molar-refractivity contribution < 1.29 is 9.57 Å². The van der Waals surface area contributed by atoms with Gasteiger partial charge in [0.15, 0.2) is 5.84 Å². The Labute approximate surface area is 184 Å². The molecule has 0 fully saturated rings. The summed E-state index contributed by atoms with van der Waals surface area (Å²) in [6, 6.07) is 14.9. The minimum Gasteiger partial charge on any atom is -0.435 e. The first-order chi connectivity index (χ1) is 14.5. The zero-order chi connectivity index (χ0) is 21.1. The lowest BCUT2D eigenvalue weighted by molar-refractivity contribution is 0.0623. The van der Waals surface area contributed by atoms with E-state index in [2.05, 4.69) is 15.7 Å². The Kier molecular flexibility index (Phi) is 6.18. The number of hydrogen-bond acceptors (Lipinski definition) is 6. The highest BCUT2D eigenvalue weighted by Gasteiger charge is 2.22. The van der Waals surface area contributed by atoms with Crippen molar-refractivity contribution in [1.29, 1.82) is 0 Å². The van der Waals surface area contributed by atoms with Crippen LogP contribution in [0.5, 0.6) is 11.6 Å². The van der Waals surface area contributed by atoms with Gasteiger partial charge in [-0.05, 0) is 55.7 Å². The van der Waals surface area contributed by atoms with Crippen molar-refractivity contribution in [2.75, 3.05) is 6.61 Å². The van der Waals surface area contributed by atoms with Crippen LogP contribution in [0.4, 0.5) is 0 Å². The number of halogens is 2. The molecule has 30 heavy (non-hydrogen) atoms. The summed E-state index contributed by atoms with van der Waals surface area (Å²) in [6.45, 7) is 4.29. The lowest BCUT2D eigenvalue weighted by Gasteiger charge is -2.23. The van der Waals surface area contributed by atoms with Crippen molar-refractivity contribution in [3.05, 3.63) is 81.0 Å². The standard InChI is InChI=1S/C22H20Cl2N4O2/c1-13-7-8-15(19(24)9-13)11-16-12-29-28-21(25-16)17-10-14(2)26-27-22(17)30-20-6-4-3-5-18(20)23/h3-10,16H,11-12H2,1-2H3,(H,25,28). The van der Waals surface area contributed by atoms with Gasteiger partial charge in [0, 0.05) is 5.02 Å². The molecule has 0 aliphatic carbocycles. The predicted octanol–water partition coefficient (Wildman–Crippen LogP) is 5.09. The molecular weight excluding hydrogens is 423 g/mol. The van der Waals surface area contributed by atoms with Crippen molar-refractivity contribution in [2.24, 2.45) is 4.99 Å². The molecule has 0 saturated heterocycles. The van der Waals surface area contributed by atoms with E-state index in [0.29, 0.717) is 35.2 Å². The van der Waals surface area contributed by atoms with Gasteiger partial charge in [-0.1, -0.05) is 47.5 Å². The van der Waals surface area contributed by atoms with Gasteiger partial charge in [-0.2, -0.15) is 5.10 Å². The van der Waals surface area contributed by atoms with Crippen LogP contribution in [0.25, 0.3) is 0 Å². The molecule has 154 valence electrons. The Balaban J connectivity index is 1.63. The number of amidine groups is 1. The van der Waals surface area contributed by atoms with Crippen molar-refractivity contribution in [2.45, 2.75) is 26.3 Å². The number of aromatic nitrogens is 2. The molecule has 1 atom stereocenters. The maximum Gasteiger partial charge on any atom is 0.250 e. The first-order valence-corrected chi connectivity index (χ1v) is 10.2. The highest BCUT2D eigenvalue weighted by Crippen LogP contribution is 2.30. The number of nitrogens with zero attached hydrogens (tertiary/aromatic N) is 3. The third-order valence-electron chi connectivity index (χ3n) is 4.60.